The molecular formula is C27H36N8O3S. The van der Waals surface area contributed by atoms with Crippen LogP contribution in [0.4, 0.5) is 15.7 Å². The summed E-state index contributed by atoms with van der Waals surface area (Å²) < 4.78 is 5.55. The molecule has 208 valence electrons. The van der Waals surface area contributed by atoms with Gasteiger partial charge in [-0.25, -0.2) is 14.8 Å². The predicted octanol–water partition coefficient (Wildman–Crippen LogP) is 3.56. The molecule has 39 heavy (non-hydrogen) atoms. The molecule has 0 aromatic carbocycles. The monoisotopic (exact) mass is 552 g/mol. The van der Waals surface area contributed by atoms with Gasteiger partial charge in [0.2, 0.25) is 11.9 Å². The first-order chi connectivity index (χ1) is 18.3. The summed E-state index contributed by atoms with van der Waals surface area (Å²) in [6.45, 7) is 11.0. The van der Waals surface area contributed by atoms with Crippen molar-refractivity contribution in [3.8, 4) is 6.07 Å². The van der Waals surface area contributed by atoms with Gasteiger partial charge in [-0.3, -0.25) is 10.2 Å². The zero-order valence-corrected chi connectivity index (χ0v) is 23.9. The van der Waals surface area contributed by atoms with Crippen molar-refractivity contribution in [2.45, 2.75) is 77.4 Å². The number of hydrogen-bond donors (Lipinski definition) is 3. The number of aryl methyl sites for hydroxylation is 1. The molecule has 12 heteroatoms. The average molecular weight is 553 g/mol. The number of nitrogens with two attached hydrogens (primary N) is 1. The minimum Gasteiger partial charge on any atom is -0.444 e. The molecule has 0 unspecified atom stereocenters. The molecule has 2 aromatic heterocycles. The van der Waals surface area contributed by atoms with Crippen molar-refractivity contribution >= 4 is 40.1 Å². The lowest BCUT2D eigenvalue weighted by Gasteiger charge is -2.33. The number of fused-ring (bicyclic) bond motifs is 1. The Morgan fingerprint density at radius 3 is 2.77 bits per heavy atom. The van der Waals surface area contributed by atoms with Gasteiger partial charge in [0, 0.05) is 42.3 Å². The summed E-state index contributed by atoms with van der Waals surface area (Å²) in [5.74, 6) is -0.0794. The van der Waals surface area contributed by atoms with E-state index in [0.717, 1.165) is 17.7 Å². The lowest BCUT2D eigenvalue weighted by molar-refractivity contribution is -0.125. The molecule has 4 rings (SSSR count). The fourth-order valence-electron chi connectivity index (χ4n) is 5.21. The van der Waals surface area contributed by atoms with Crippen molar-refractivity contribution in [2.75, 3.05) is 30.3 Å². The first-order valence-corrected chi connectivity index (χ1v) is 14.0. The first kappa shape index (κ1) is 28.3. The number of thiophene rings is 1. The van der Waals surface area contributed by atoms with Crippen LogP contribution in [0.2, 0.25) is 0 Å². The number of nitriles is 1. The molecule has 0 saturated carbocycles. The third kappa shape index (κ3) is 5.83. The minimum absolute atomic E-state index is 0.0907. The van der Waals surface area contributed by atoms with Gasteiger partial charge in [-0.05, 0) is 66.4 Å². The standard InChI is InChI=1S/C27H36N8O3S/c1-16-15-34(25(37)38-26(2,3)4)12-7-13-35(16)24-31-11-9-18(32-24)21(29)33-23(36)27(5)10-6-8-19-20(27)17(14-28)22(30)39-19/h9,11,16H,6-8,10,12-13,15,30H2,1-5H3,(H2,29,33,36)/t16-,27-/m0/s1. The van der Waals surface area contributed by atoms with Gasteiger partial charge >= 0.3 is 6.09 Å². The third-order valence-electron chi connectivity index (χ3n) is 7.14. The average Bonchev–Trinajstić information content (AvgIpc) is 3.07. The maximum absolute atomic E-state index is 13.5. The second-order valence-corrected chi connectivity index (χ2v) is 12.5. The summed E-state index contributed by atoms with van der Waals surface area (Å²) in [6.07, 6.45) is 4.05. The number of anilines is 2. The molecule has 0 spiro atoms. The molecule has 11 nitrogen and oxygen atoms in total. The van der Waals surface area contributed by atoms with E-state index in [0.29, 0.717) is 54.6 Å². The van der Waals surface area contributed by atoms with Gasteiger partial charge < -0.3 is 25.6 Å². The number of nitrogens with zero attached hydrogens (tertiary/aromatic N) is 5. The van der Waals surface area contributed by atoms with Crippen LogP contribution in [0.15, 0.2) is 12.3 Å². The number of amides is 2. The Morgan fingerprint density at radius 2 is 2.08 bits per heavy atom. The Morgan fingerprint density at radius 1 is 1.33 bits per heavy atom. The largest absolute Gasteiger partial charge is 0.444 e. The lowest BCUT2D eigenvalue weighted by Crippen LogP contribution is -2.47. The van der Waals surface area contributed by atoms with Crippen molar-refractivity contribution in [3.05, 3.63) is 34.0 Å². The van der Waals surface area contributed by atoms with Gasteiger partial charge in [0.25, 0.3) is 0 Å². The molecule has 1 aliphatic carbocycles. The molecule has 2 atom stereocenters. The number of ether oxygens (including phenoxy) is 1. The number of carbonyl (C=O) groups is 2. The van der Waals surface area contributed by atoms with Crippen LogP contribution in [0, 0.1) is 16.7 Å². The van der Waals surface area contributed by atoms with E-state index >= 15 is 0 Å². The molecule has 2 aliphatic rings. The highest BCUT2D eigenvalue weighted by Gasteiger charge is 2.43. The minimum atomic E-state index is -0.973. The number of nitrogens with one attached hydrogen (secondary N) is 2. The Bertz CT molecular complexity index is 1330. The highest BCUT2D eigenvalue weighted by Crippen LogP contribution is 2.45. The highest BCUT2D eigenvalue weighted by atomic mass is 32.1. The summed E-state index contributed by atoms with van der Waals surface area (Å²) >= 11 is 1.36. The summed E-state index contributed by atoms with van der Waals surface area (Å²) in [4.78, 5) is 39.8. The van der Waals surface area contributed by atoms with Crippen LogP contribution in [0.3, 0.4) is 0 Å². The van der Waals surface area contributed by atoms with Gasteiger partial charge in [-0.1, -0.05) is 0 Å². The van der Waals surface area contributed by atoms with Crippen molar-refractivity contribution < 1.29 is 14.3 Å². The van der Waals surface area contributed by atoms with E-state index in [1.807, 2.05) is 32.6 Å². The van der Waals surface area contributed by atoms with Gasteiger partial charge in [-0.15, -0.1) is 11.3 Å². The number of rotatable bonds is 3. The second-order valence-electron chi connectivity index (χ2n) is 11.3. The third-order valence-corrected chi connectivity index (χ3v) is 8.22. The van der Waals surface area contributed by atoms with Crippen LogP contribution < -0.4 is 16.0 Å². The number of carbonyl (C=O) groups excluding carboxylic acids is 2. The molecule has 1 aliphatic heterocycles. The van der Waals surface area contributed by atoms with E-state index in [1.54, 1.807) is 24.1 Å². The lowest BCUT2D eigenvalue weighted by atomic mass is 9.72. The number of nitrogen functional groups attached to an aromatic ring is 1. The van der Waals surface area contributed by atoms with Crippen LogP contribution in [0.1, 0.15) is 75.6 Å². The summed E-state index contributed by atoms with van der Waals surface area (Å²) in [5, 5.41) is 21.5. The van der Waals surface area contributed by atoms with Crippen LogP contribution >= 0.6 is 11.3 Å². The van der Waals surface area contributed by atoms with Crippen molar-refractivity contribution in [1.29, 1.82) is 10.7 Å². The molecule has 4 N–H and O–H groups in total. The molecule has 0 radical (unpaired) electrons. The Kier molecular flexibility index (Phi) is 7.84. The molecule has 2 aromatic rings. The normalized spacial score (nSPS) is 21.4. The van der Waals surface area contributed by atoms with Crippen LogP contribution in [-0.2, 0) is 21.4 Å². The molecule has 1 saturated heterocycles. The van der Waals surface area contributed by atoms with Crippen molar-refractivity contribution in [3.63, 3.8) is 0 Å². The van der Waals surface area contributed by atoms with E-state index in [-0.39, 0.29) is 29.6 Å². The summed E-state index contributed by atoms with van der Waals surface area (Å²) in [6, 6.07) is 3.66. The number of aromatic nitrogens is 2. The Hall–Kier alpha value is -3.72. The molecule has 1 fully saturated rings. The Labute approximate surface area is 232 Å². The SMILES string of the molecule is C[C@H]1CN(C(=O)OC(C)(C)C)CCCN1c1nccc(C(=N)NC(=O)[C@@]2(C)CCCc3sc(N)c(C#N)c32)n1. The first-order valence-electron chi connectivity index (χ1n) is 13.1. The van der Waals surface area contributed by atoms with E-state index < -0.39 is 11.0 Å². The quantitative estimate of drug-likeness (QED) is 0.385. The topological polar surface area (TPSA) is 161 Å². The zero-order valence-electron chi connectivity index (χ0n) is 23.1. The van der Waals surface area contributed by atoms with Crippen molar-refractivity contribution in [2.24, 2.45) is 0 Å². The second kappa shape index (κ2) is 10.8. The van der Waals surface area contributed by atoms with Gasteiger partial charge in [-0.2, -0.15) is 5.26 Å². The summed E-state index contributed by atoms with van der Waals surface area (Å²) in [5.41, 5.74) is 5.85. The van der Waals surface area contributed by atoms with Crippen LogP contribution in [0.25, 0.3) is 0 Å². The van der Waals surface area contributed by atoms with Crippen molar-refractivity contribution in [1.82, 2.24) is 20.2 Å². The number of hydrogen-bond acceptors (Lipinski definition) is 10. The van der Waals surface area contributed by atoms with E-state index in [9.17, 15) is 14.9 Å². The van der Waals surface area contributed by atoms with Crippen LogP contribution in [-0.4, -0.2) is 64.0 Å². The summed E-state index contributed by atoms with van der Waals surface area (Å²) in [7, 11) is 0. The Balaban J connectivity index is 1.49. The molecule has 0 bridgehead atoms. The predicted molar refractivity (Wildman–Crippen MR) is 150 cm³/mol. The smallest absolute Gasteiger partial charge is 0.410 e. The van der Waals surface area contributed by atoms with E-state index in [2.05, 4.69) is 21.4 Å². The number of amidine groups is 1. The fraction of sp³-hybridized carbons (Fsp3) is 0.556. The molecule has 2 amide bonds. The zero-order chi connectivity index (χ0) is 28.5. The molecule has 3 heterocycles. The molecular weight excluding hydrogens is 516 g/mol. The maximum Gasteiger partial charge on any atom is 0.410 e. The van der Waals surface area contributed by atoms with E-state index in [1.165, 1.54) is 11.3 Å². The highest BCUT2D eigenvalue weighted by molar-refractivity contribution is 7.16. The van der Waals surface area contributed by atoms with Gasteiger partial charge in [0.05, 0.1) is 11.0 Å². The van der Waals surface area contributed by atoms with E-state index in [4.69, 9.17) is 15.9 Å². The van der Waals surface area contributed by atoms with Gasteiger partial charge in [0.1, 0.15) is 22.4 Å². The fourth-order valence-corrected chi connectivity index (χ4v) is 6.41. The maximum atomic E-state index is 13.5. The van der Waals surface area contributed by atoms with Gasteiger partial charge in [0.15, 0.2) is 5.84 Å². The van der Waals surface area contributed by atoms with Crippen LogP contribution in [0.5, 0.6) is 0 Å².